The molecule has 2 nitrogen and oxygen atoms in total. The summed E-state index contributed by atoms with van der Waals surface area (Å²) in [6.07, 6.45) is -10.8. The Morgan fingerprint density at radius 1 is 1.00 bits per heavy atom. The molecule has 0 bridgehead atoms. The maximum absolute atomic E-state index is 12.8. The Morgan fingerprint density at radius 3 is 1.75 bits per heavy atom. The Kier molecular flexibility index (Phi) is 7.50. The van der Waals surface area contributed by atoms with Crippen LogP contribution in [0.25, 0.3) is 0 Å². The van der Waals surface area contributed by atoms with E-state index in [0.717, 1.165) is 0 Å². The monoisotopic (exact) mass is 691 g/mol. The van der Waals surface area contributed by atoms with Gasteiger partial charge in [-0.25, -0.2) is 0 Å². The summed E-state index contributed by atoms with van der Waals surface area (Å²) in [7, 11) is 0. The number of benzene rings is 1. The summed E-state index contributed by atoms with van der Waals surface area (Å²) in [5, 5.41) is 7.70. The Balaban J connectivity index is 3.16. The van der Waals surface area contributed by atoms with Gasteiger partial charge in [0, 0.05) is 0 Å². The van der Waals surface area contributed by atoms with Crippen LogP contribution in [0.5, 0.6) is 0 Å². The second-order valence-corrected chi connectivity index (χ2v) is 16.5. The molecule has 0 aliphatic carbocycles. The minimum absolute atomic E-state index is 0.0626. The van der Waals surface area contributed by atoms with E-state index in [9.17, 15) is 26.3 Å². The predicted molar refractivity (Wildman–Crippen MR) is 103 cm³/mol. The molecular formula is C13H10F6I3NO. The summed E-state index contributed by atoms with van der Waals surface area (Å²) in [6.45, 7) is 1.30. The second-order valence-electron chi connectivity index (χ2n) is 4.81. The van der Waals surface area contributed by atoms with Crippen LogP contribution in [0.15, 0.2) is 18.2 Å². The lowest BCUT2D eigenvalue weighted by atomic mass is 10.0. The van der Waals surface area contributed by atoms with Crippen LogP contribution in [0.2, 0.25) is 0 Å². The van der Waals surface area contributed by atoms with Crippen LogP contribution in [0.3, 0.4) is 0 Å². The zero-order valence-electron chi connectivity index (χ0n) is 11.8. The molecule has 24 heavy (non-hydrogen) atoms. The van der Waals surface area contributed by atoms with E-state index in [1.807, 2.05) is 67.8 Å². The molecule has 1 atom stereocenters. The van der Waals surface area contributed by atoms with Gasteiger partial charge < -0.3 is 4.74 Å². The van der Waals surface area contributed by atoms with Crippen LogP contribution in [0, 0.1) is 5.41 Å². The molecule has 1 N–H and O–H groups in total. The van der Waals surface area contributed by atoms with Gasteiger partial charge in [-0.3, -0.25) is 5.41 Å². The summed E-state index contributed by atoms with van der Waals surface area (Å²) in [5.74, 6) is -0.216. The molecule has 11 heteroatoms. The van der Waals surface area contributed by atoms with Gasteiger partial charge in [0.05, 0.1) is 17.5 Å². The van der Waals surface area contributed by atoms with Crippen molar-refractivity contribution in [1.29, 1.82) is 5.41 Å². The Bertz CT molecular complexity index is 577. The van der Waals surface area contributed by atoms with Gasteiger partial charge in [-0.05, 0) is 30.7 Å². The van der Waals surface area contributed by atoms with E-state index in [2.05, 4.69) is 0 Å². The molecule has 0 aromatic heterocycles. The molecule has 0 saturated carbocycles. The van der Waals surface area contributed by atoms with Crippen LogP contribution in [0.1, 0.15) is 36.1 Å². The van der Waals surface area contributed by atoms with Crippen molar-refractivity contribution in [2.24, 2.45) is 0 Å². The molecule has 1 rings (SSSR count). The van der Waals surface area contributed by atoms with E-state index in [1.54, 1.807) is 0 Å². The normalized spacial score (nSPS) is 14.4. The van der Waals surface area contributed by atoms with E-state index in [4.69, 9.17) is 10.1 Å². The van der Waals surface area contributed by atoms with Gasteiger partial charge in [-0.1, -0.05) is 67.8 Å². The van der Waals surface area contributed by atoms with E-state index in [-0.39, 0.29) is 23.4 Å². The van der Waals surface area contributed by atoms with Crippen molar-refractivity contribution in [3.8, 4) is 0 Å². The zero-order chi connectivity index (χ0) is 18.9. The largest absolute Gasteiger partial charge is 0.473 e. The molecule has 1 aromatic carbocycles. The molecule has 0 radical (unpaired) electrons. The molecule has 0 heterocycles. The molecule has 0 spiro atoms. The lowest BCUT2D eigenvalue weighted by Crippen LogP contribution is -2.16. The van der Waals surface area contributed by atoms with Crippen molar-refractivity contribution >= 4 is 73.7 Å². The lowest BCUT2D eigenvalue weighted by Gasteiger charge is -2.21. The second kappa shape index (κ2) is 8.00. The zero-order valence-corrected chi connectivity index (χ0v) is 18.3. The molecule has 0 aliphatic rings. The Hall–Kier alpha value is 0.460. The maximum atomic E-state index is 12.8. The van der Waals surface area contributed by atoms with Crippen molar-refractivity contribution in [3.63, 3.8) is 0 Å². The Labute approximate surface area is 175 Å². The minimum atomic E-state index is -4.91. The highest BCUT2D eigenvalue weighted by atomic mass is 127. The van der Waals surface area contributed by atoms with Gasteiger partial charge in [0.15, 0.2) is 5.90 Å². The molecule has 0 fully saturated rings. The maximum Gasteiger partial charge on any atom is 0.416 e. The first-order chi connectivity index (χ1) is 10.6. The Morgan fingerprint density at radius 2 is 1.42 bits per heavy atom. The van der Waals surface area contributed by atoms with Crippen molar-refractivity contribution in [3.05, 3.63) is 34.9 Å². The van der Waals surface area contributed by atoms with Crippen molar-refractivity contribution in [2.45, 2.75) is 31.2 Å². The van der Waals surface area contributed by atoms with E-state index < -0.39 is 29.6 Å². The van der Waals surface area contributed by atoms with Crippen molar-refractivity contribution in [1.82, 2.24) is 0 Å². The van der Waals surface area contributed by atoms with Crippen LogP contribution < -0.4 is 0 Å². The predicted octanol–water partition coefficient (Wildman–Crippen LogP) is 7.13. The SMILES string of the molecule is C[C@H](OC(=N)CC(I)(I)I)c1cc(C(F)(F)F)cc(C(F)(F)F)c1. The van der Waals surface area contributed by atoms with E-state index >= 15 is 0 Å². The summed E-state index contributed by atoms with van der Waals surface area (Å²) in [5.41, 5.74) is -3.09. The van der Waals surface area contributed by atoms with Gasteiger partial charge in [0.1, 0.15) is 5.54 Å². The molecular weight excluding hydrogens is 681 g/mol. The van der Waals surface area contributed by atoms with Crippen LogP contribution in [-0.2, 0) is 17.1 Å². The third-order valence-corrected chi connectivity index (χ3v) is 3.90. The minimum Gasteiger partial charge on any atom is -0.473 e. The molecule has 0 aliphatic heterocycles. The molecule has 0 unspecified atom stereocenters. The smallest absolute Gasteiger partial charge is 0.416 e. The van der Waals surface area contributed by atoms with Gasteiger partial charge in [-0.15, -0.1) is 0 Å². The fourth-order valence-corrected chi connectivity index (χ4v) is 2.76. The van der Waals surface area contributed by atoms with Crippen molar-refractivity contribution < 1.29 is 31.1 Å². The number of hydrogen-bond acceptors (Lipinski definition) is 2. The van der Waals surface area contributed by atoms with Gasteiger partial charge >= 0.3 is 12.4 Å². The highest BCUT2D eigenvalue weighted by molar-refractivity contribution is 14.3. The quantitative estimate of drug-likeness (QED) is 0.118. The topological polar surface area (TPSA) is 33.1 Å². The fourth-order valence-electron chi connectivity index (χ4n) is 1.72. The molecule has 136 valence electrons. The van der Waals surface area contributed by atoms with Gasteiger partial charge in [-0.2, -0.15) is 26.3 Å². The third kappa shape index (κ3) is 7.37. The van der Waals surface area contributed by atoms with Crippen LogP contribution in [0.4, 0.5) is 26.3 Å². The fraction of sp³-hybridized carbons (Fsp3) is 0.462. The average Bonchev–Trinajstić information content (AvgIpc) is 2.33. The van der Waals surface area contributed by atoms with Gasteiger partial charge in [0.25, 0.3) is 0 Å². The first-order valence-corrected chi connectivity index (χ1v) is 9.43. The standard InChI is InChI=1S/C13H10F6I3NO/c1-6(24-10(23)5-11(20,21)22)7-2-8(12(14,15)16)4-9(3-7)13(17,18)19/h2-4,6,23H,5H2,1H3/t6-/m0/s1. The van der Waals surface area contributed by atoms with E-state index in [1.165, 1.54) is 6.92 Å². The van der Waals surface area contributed by atoms with Gasteiger partial charge in [0.2, 0.25) is 0 Å². The summed E-state index contributed by atoms with van der Waals surface area (Å²) in [6, 6.07) is 1.28. The van der Waals surface area contributed by atoms with Crippen LogP contribution in [-0.4, -0.2) is 5.33 Å². The summed E-state index contributed by atoms with van der Waals surface area (Å²) >= 11 is 6.12. The first-order valence-electron chi connectivity index (χ1n) is 6.20. The lowest BCUT2D eigenvalue weighted by molar-refractivity contribution is -0.143. The summed E-state index contributed by atoms with van der Waals surface area (Å²) < 4.78 is 81.8. The van der Waals surface area contributed by atoms with Crippen LogP contribution >= 0.6 is 67.8 Å². The highest BCUT2D eigenvalue weighted by Crippen LogP contribution is 2.40. The summed E-state index contributed by atoms with van der Waals surface area (Å²) in [4.78, 5) is 0. The number of halogens is 9. The number of hydrogen-bond donors (Lipinski definition) is 1. The number of rotatable bonds is 4. The molecule has 0 saturated heterocycles. The number of alkyl halides is 9. The van der Waals surface area contributed by atoms with E-state index in [0.29, 0.717) is 12.1 Å². The highest BCUT2D eigenvalue weighted by Gasteiger charge is 2.37. The first kappa shape index (κ1) is 22.5. The molecule has 1 aromatic rings. The van der Waals surface area contributed by atoms with Crippen molar-refractivity contribution in [2.75, 3.05) is 0 Å². The number of ether oxygens (including phenoxy) is 1. The molecule has 0 amide bonds. The third-order valence-electron chi connectivity index (χ3n) is 2.76. The number of nitrogens with one attached hydrogen (secondary N) is 1. The average molecular weight is 691 g/mol.